The fourth-order valence-electron chi connectivity index (χ4n) is 1.75. The van der Waals surface area contributed by atoms with E-state index in [1.54, 1.807) is 13.8 Å². The zero-order chi connectivity index (χ0) is 14.5. The number of ether oxygens (including phenoxy) is 2. The molecule has 1 aliphatic heterocycles. The van der Waals surface area contributed by atoms with E-state index in [4.69, 9.17) is 14.6 Å². The molecule has 1 unspecified atom stereocenters. The summed E-state index contributed by atoms with van der Waals surface area (Å²) in [7, 11) is 1.37. The Bertz CT molecular complexity index is 385. The van der Waals surface area contributed by atoms with Gasteiger partial charge < -0.3 is 14.6 Å². The molecule has 0 aliphatic carbocycles. The van der Waals surface area contributed by atoms with Gasteiger partial charge in [-0.15, -0.1) is 0 Å². The highest BCUT2D eigenvalue weighted by Gasteiger charge is 2.31. The molecule has 5 heteroatoms. The Balaban J connectivity index is 2.65. The molecule has 0 saturated carbocycles. The second-order valence-corrected chi connectivity index (χ2v) is 5.42. The summed E-state index contributed by atoms with van der Waals surface area (Å²) in [6, 6.07) is 0. The number of carbonyl (C=O) groups excluding carboxylic acids is 1. The minimum atomic E-state index is -0.699. The highest BCUT2D eigenvalue weighted by molar-refractivity contribution is 5.81. The van der Waals surface area contributed by atoms with Gasteiger partial charge in [0.05, 0.1) is 12.5 Å². The van der Waals surface area contributed by atoms with E-state index >= 15 is 0 Å². The van der Waals surface area contributed by atoms with Crippen molar-refractivity contribution in [2.75, 3.05) is 20.3 Å². The minimum Gasteiger partial charge on any atom is -0.479 e. The Hall–Kier alpha value is -1.36. The van der Waals surface area contributed by atoms with Crippen molar-refractivity contribution in [3.05, 3.63) is 11.8 Å². The molecule has 0 aromatic carbocycles. The third-order valence-corrected chi connectivity index (χ3v) is 3.07. The smallest absolute Gasteiger partial charge is 0.314 e. The van der Waals surface area contributed by atoms with Crippen molar-refractivity contribution in [2.45, 2.75) is 33.6 Å². The molecule has 1 aliphatic rings. The zero-order valence-electron chi connectivity index (χ0n) is 12.1. The van der Waals surface area contributed by atoms with Gasteiger partial charge in [-0.25, -0.2) is 4.99 Å². The van der Waals surface area contributed by atoms with Crippen LogP contribution in [0.5, 0.6) is 0 Å². The Morgan fingerprint density at radius 2 is 2.26 bits per heavy atom. The van der Waals surface area contributed by atoms with Crippen LogP contribution in [-0.4, -0.2) is 37.3 Å². The van der Waals surface area contributed by atoms with Crippen LogP contribution in [0, 0.1) is 11.3 Å². The highest BCUT2D eigenvalue weighted by atomic mass is 16.5. The van der Waals surface area contributed by atoms with Crippen LogP contribution in [0.15, 0.2) is 16.8 Å². The van der Waals surface area contributed by atoms with Gasteiger partial charge in [0, 0.05) is 24.6 Å². The predicted molar refractivity (Wildman–Crippen MR) is 72.8 cm³/mol. The number of carbonyl (C=O) groups is 1. The fraction of sp³-hybridized carbons (Fsp3) is 0.714. The van der Waals surface area contributed by atoms with Crippen LogP contribution in [0.4, 0.5) is 0 Å². The van der Waals surface area contributed by atoms with Crippen molar-refractivity contribution < 1.29 is 19.4 Å². The Kier molecular flexibility index (Phi) is 5.54. The van der Waals surface area contributed by atoms with E-state index in [-0.39, 0.29) is 25.1 Å². The number of nitrogens with zero attached hydrogens (tertiary/aromatic N) is 1. The standard InChI is InChI=1S/C14H23NO4/c1-10-5-6-11(7-8-16)15-12(10)19-9-14(2,3)13(17)18-4/h6,10,16H,5,7-9H2,1-4H3. The molecule has 1 rings (SSSR count). The molecule has 0 spiro atoms. The molecule has 1 atom stereocenters. The van der Waals surface area contributed by atoms with Crippen LogP contribution in [0.1, 0.15) is 33.6 Å². The van der Waals surface area contributed by atoms with E-state index < -0.39 is 5.41 Å². The highest BCUT2D eigenvalue weighted by Crippen LogP contribution is 2.23. The van der Waals surface area contributed by atoms with Crippen molar-refractivity contribution in [1.82, 2.24) is 0 Å². The first-order chi connectivity index (χ1) is 8.90. The summed E-state index contributed by atoms with van der Waals surface area (Å²) >= 11 is 0. The van der Waals surface area contributed by atoms with Gasteiger partial charge in [-0.1, -0.05) is 13.0 Å². The number of allylic oxidation sites excluding steroid dienone is 1. The summed E-state index contributed by atoms with van der Waals surface area (Å²) in [6.45, 7) is 5.88. The molecule has 5 nitrogen and oxygen atoms in total. The Morgan fingerprint density at radius 3 is 2.84 bits per heavy atom. The average molecular weight is 269 g/mol. The van der Waals surface area contributed by atoms with Gasteiger partial charge in [0.25, 0.3) is 0 Å². The maximum atomic E-state index is 11.6. The second-order valence-electron chi connectivity index (χ2n) is 5.42. The lowest BCUT2D eigenvalue weighted by molar-refractivity contribution is -0.152. The van der Waals surface area contributed by atoms with Crippen molar-refractivity contribution in [1.29, 1.82) is 0 Å². The van der Waals surface area contributed by atoms with Crippen LogP contribution >= 0.6 is 0 Å². The molecule has 108 valence electrons. The molecule has 1 N–H and O–H groups in total. The van der Waals surface area contributed by atoms with Gasteiger partial charge in [-0.3, -0.25) is 4.79 Å². The number of aliphatic imine (C=N–C) groups is 1. The van der Waals surface area contributed by atoms with Crippen molar-refractivity contribution in [3.63, 3.8) is 0 Å². The predicted octanol–water partition coefficient (Wildman–Crippen LogP) is 1.91. The summed E-state index contributed by atoms with van der Waals surface area (Å²) in [5.41, 5.74) is 0.140. The van der Waals surface area contributed by atoms with Crippen molar-refractivity contribution >= 4 is 11.9 Å². The summed E-state index contributed by atoms with van der Waals surface area (Å²) < 4.78 is 10.4. The lowest BCUT2D eigenvalue weighted by Crippen LogP contribution is -2.33. The molecular formula is C14H23NO4. The van der Waals surface area contributed by atoms with Gasteiger partial charge in [-0.05, 0) is 20.3 Å². The van der Waals surface area contributed by atoms with Crippen LogP contribution in [-0.2, 0) is 14.3 Å². The van der Waals surface area contributed by atoms with E-state index in [0.29, 0.717) is 12.3 Å². The second kappa shape index (κ2) is 6.70. The largest absolute Gasteiger partial charge is 0.479 e. The third-order valence-electron chi connectivity index (χ3n) is 3.07. The monoisotopic (exact) mass is 269 g/mol. The van der Waals surface area contributed by atoms with Crippen LogP contribution in [0.2, 0.25) is 0 Å². The number of aliphatic hydroxyl groups excluding tert-OH is 1. The maximum Gasteiger partial charge on any atom is 0.314 e. The maximum absolute atomic E-state index is 11.6. The molecule has 0 saturated heterocycles. The number of aliphatic hydroxyl groups is 1. The number of hydrogen-bond acceptors (Lipinski definition) is 5. The topological polar surface area (TPSA) is 68.1 Å². The SMILES string of the molecule is COC(=O)C(C)(C)COC1=NC(CCO)=CCC1C. The molecule has 0 aromatic rings. The van der Waals surface area contributed by atoms with E-state index in [0.717, 1.165) is 12.1 Å². The van der Waals surface area contributed by atoms with Gasteiger partial charge in [0.15, 0.2) is 5.90 Å². The summed E-state index contributed by atoms with van der Waals surface area (Å²) in [5.74, 6) is 0.515. The minimum absolute atomic E-state index is 0.0741. The molecular weight excluding hydrogens is 246 g/mol. The first kappa shape index (κ1) is 15.7. The van der Waals surface area contributed by atoms with Crippen molar-refractivity contribution in [3.8, 4) is 0 Å². The Labute approximate surface area is 114 Å². The van der Waals surface area contributed by atoms with Crippen LogP contribution in [0.3, 0.4) is 0 Å². The fourth-order valence-corrected chi connectivity index (χ4v) is 1.75. The normalized spacial score (nSPS) is 19.5. The molecule has 1 heterocycles. The number of hydrogen-bond donors (Lipinski definition) is 1. The number of methoxy groups -OCH3 is 1. The molecule has 19 heavy (non-hydrogen) atoms. The summed E-state index contributed by atoms with van der Waals surface area (Å²) in [6.07, 6.45) is 3.38. The molecule has 0 bridgehead atoms. The zero-order valence-corrected chi connectivity index (χ0v) is 12.1. The van der Waals surface area contributed by atoms with Crippen LogP contribution < -0.4 is 0 Å². The van der Waals surface area contributed by atoms with Gasteiger partial charge in [-0.2, -0.15) is 0 Å². The summed E-state index contributed by atoms with van der Waals surface area (Å²) in [5, 5.41) is 8.92. The first-order valence-corrected chi connectivity index (χ1v) is 6.50. The van der Waals surface area contributed by atoms with Gasteiger partial charge >= 0.3 is 5.97 Å². The van der Waals surface area contributed by atoms with E-state index in [1.165, 1.54) is 7.11 Å². The number of rotatable bonds is 5. The lowest BCUT2D eigenvalue weighted by atomic mass is 9.95. The lowest BCUT2D eigenvalue weighted by Gasteiger charge is -2.25. The van der Waals surface area contributed by atoms with Gasteiger partial charge in [0.1, 0.15) is 6.61 Å². The van der Waals surface area contributed by atoms with Gasteiger partial charge in [0.2, 0.25) is 0 Å². The average Bonchev–Trinajstić information content (AvgIpc) is 2.38. The van der Waals surface area contributed by atoms with Crippen LogP contribution in [0.25, 0.3) is 0 Å². The summed E-state index contributed by atoms with van der Waals surface area (Å²) in [4.78, 5) is 16.0. The number of esters is 1. The van der Waals surface area contributed by atoms with E-state index in [9.17, 15) is 4.79 Å². The molecule has 0 amide bonds. The third kappa shape index (κ3) is 4.35. The van der Waals surface area contributed by atoms with E-state index in [1.807, 2.05) is 13.0 Å². The first-order valence-electron chi connectivity index (χ1n) is 6.50. The molecule has 0 fully saturated rings. The quantitative estimate of drug-likeness (QED) is 0.774. The van der Waals surface area contributed by atoms with Crippen molar-refractivity contribution in [2.24, 2.45) is 16.3 Å². The Morgan fingerprint density at radius 1 is 1.58 bits per heavy atom. The van der Waals surface area contributed by atoms with E-state index in [2.05, 4.69) is 4.99 Å². The molecule has 0 aromatic heterocycles. The molecule has 0 radical (unpaired) electrons.